The van der Waals surface area contributed by atoms with E-state index in [4.69, 9.17) is 4.74 Å². The Labute approximate surface area is 129 Å². The van der Waals surface area contributed by atoms with Crippen LogP contribution in [-0.2, 0) is 10.3 Å². The number of hydrogen-bond acceptors (Lipinski definition) is 1. The van der Waals surface area contributed by atoms with E-state index in [0.29, 0.717) is 0 Å². The highest BCUT2D eigenvalue weighted by atomic mass is 16.5. The van der Waals surface area contributed by atoms with Crippen molar-refractivity contribution in [3.8, 4) is 0 Å². The Morgan fingerprint density at radius 1 is 0.810 bits per heavy atom. The summed E-state index contributed by atoms with van der Waals surface area (Å²) in [6.07, 6.45) is 11.3. The highest BCUT2D eigenvalue weighted by Crippen LogP contribution is 2.64. The molecule has 0 spiro atoms. The summed E-state index contributed by atoms with van der Waals surface area (Å²) >= 11 is 0. The van der Waals surface area contributed by atoms with Gasteiger partial charge in [0.05, 0.1) is 5.60 Å². The lowest BCUT2D eigenvalue weighted by atomic mass is 9.70. The molecule has 0 saturated heterocycles. The van der Waals surface area contributed by atoms with Gasteiger partial charge in [0.1, 0.15) is 0 Å². The predicted molar refractivity (Wildman–Crippen MR) is 86.0 cm³/mol. The van der Waals surface area contributed by atoms with Gasteiger partial charge in [-0.25, -0.2) is 0 Å². The molecule has 1 aromatic carbocycles. The molecule has 114 valence electrons. The molecule has 0 aliphatic heterocycles. The van der Waals surface area contributed by atoms with Gasteiger partial charge in [-0.3, -0.25) is 0 Å². The minimum Gasteiger partial charge on any atom is -0.373 e. The second-order valence-corrected chi connectivity index (χ2v) is 7.47. The summed E-state index contributed by atoms with van der Waals surface area (Å²) in [5.41, 5.74) is 1.47. The fourth-order valence-electron chi connectivity index (χ4n) is 6.23. The first-order valence-electron chi connectivity index (χ1n) is 8.98. The number of ether oxygens (including phenoxy) is 1. The van der Waals surface area contributed by atoms with Crippen molar-refractivity contribution in [3.05, 3.63) is 35.9 Å². The maximum atomic E-state index is 6.42. The summed E-state index contributed by atoms with van der Waals surface area (Å²) in [5.74, 6) is 3.35. The van der Waals surface area contributed by atoms with E-state index < -0.39 is 0 Å². The average Bonchev–Trinajstić information content (AvgIpc) is 2.87. The lowest BCUT2D eigenvalue weighted by Crippen LogP contribution is -2.41. The van der Waals surface area contributed by atoms with Gasteiger partial charge in [0.25, 0.3) is 0 Å². The van der Waals surface area contributed by atoms with Crippen LogP contribution >= 0.6 is 0 Å². The van der Waals surface area contributed by atoms with Crippen LogP contribution in [0.25, 0.3) is 0 Å². The smallest absolute Gasteiger partial charge is 0.0988 e. The molecule has 0 bridgehead atoms. The van der Waals surface area contributed by atoms with E-state index in [1.807, 2.05) is 7.11 Å². The SMILES string of the molecule is COC1(c2ccccc2)C2CCCCC2C2CCCCC21. The van der Waals surface area contributed by atoms with Crippen LogP contribution in [0, 0.1) is 23.7 Å². The van der Waals surface area contributed by atoms with Crippen molar-refractivity contribution in [2.75, 3.05) is 7.11 Å². The first kappa shape index (κ1) is 13.8. The van der Waals surface area contributed by atoms with Crippen molar-refractivity contribution in [2.45, 2.75) is 57.0 Å². The van der Waals surface area contributed by atoms with Gasteiger partial charge in [-0.05, 0) is 54.9 Å². The summed E-state index contributed by atoms with van der Waals surface area (Å²) in [6, 6.07) is 11.2. The van der Waals surface area contributed by atoms with E-state index in [9.17, 15) is 0 Å². The minimum atomic E-state index is 0.0113. The third-order valence-electron chi connectivity index (χ3n) is 6.85. The third kappa shape index (κ3) is 1.93. The molecular formula is C20H28O. The molecule has 1 nitrogen and oxygen atoms in total. The zero-order valence-corrected chi connectivity index (χ0v) is 13.3. The highest BCUT2D eigenvalue weighted by molar-refractivity contribution is 5.29. The fourth-order valence-corrected chi connectivity index (χ4v) is 6.23. The summed E-state index contributed by atoms with van der Waals surface area (Å²) in [4.78, 5) is 0. The minimum absolute atomic E-state index is 0.0113. The van der Waals surface area contributed by atoms with Crippen LogP contribution in [0.2, 0.25) is 0 Å². The van der Waals surface area contributed by atoms with Crippen LogP contribution in [0.3, 0.4) is 0 Å². The Balaban J connectivity index is 1.83. The van der Waals surface area contributed by atoms with E-state index in [1.165, 1.54) is 56.9 Å². The Kier molecular flexibility index (Phi) is 3.57. The molecule has 3 aliphatic rings. The van der Waals surface area contributed by atoms with Gasteiger partial charge in [0.15, 0.2) is 0 Å². The molecule has 0 heterocycles. The van der Waals surface area contributed by atoms with Crippen LogP contribution in [0.5, 0.6) is 0 Å². The Morgan fingerprint density at radius 2 is 1.33 bits per heavy atom. The van der Waals surface area contributed by atoms with Crippen LogP contribution in [0.4, 0.5) is 0 Å². The molecule has 3 saturated carbocycles. The number of methoxy groups -OCH3 is 1. The van der Waals surface area contributed by atoms with Crippen LogP contribution < -0.4 is 0 Å². The standard InChI is InChI=1S/C20H28O/c1-21-20(15-9-3-2-4-10-15)18-13-7-5-11-16(18)17-12-6-8-14-19(17)20/h2-4,9-10,16-19H,5-8,11-14H2,1H3. The zero-order valence-electron chi connectivity index (χ0n) is 13.3. The van der Waals surface area contributed by atoms with Gasteiger partial charge >= 0.3 is 0 Å². The lowest BCUT2D eigenvalue weighted by molar-refractivity contribution is -0.0993. The van der Waals surface area contributed by atoms with Crippen molar-refractivity contribution in [1.29, 1.82) is 0 Å². The molecule has 1 heteroatoms. The molecule has 4 atom stereocenters. The van der Waals surface area contributed by atoms with Crippen molar-refractivity contribution in [3.63, 3.8) is 0 Å². The second-order valence-electron chi connectivity index (χ2n) is 7.47. The summed E-state index contributed by atoms with van der Waals surface area (Å²) < 4.78 is 6.42. The van der Waals surface area contributed by atoms with E-state index >= 15 is 0 Å². The molecule has 3 fully saturated rings. The van der Waals surface area contributed by atoms with Gasteiger partial charge in [0, 0.05) is 7.11 Å². The van der Waals surface area contributed by atoms with Gasteiger partial charge in [-0.2, -0.15) is 0 Å². The van der Waals surface area contributed by atoms with Gasteiger partial charge in [-0.1, -0.05) is 56.0 Å². The predicted octanol–water partition coefficient (Wildman–Crippen LogP) is 5.15. The largest absolute Gasteiger partial charge is 0.373 e. The molecular weight excluding hydrogens is 256 g/mol. The van der Waals surface area contributed by atoms with Gasteiger partial charge in [-0.15, -0.1) is 0 Å². The number of hydrogen-bond donors (Lipinski definition) is 0. The Bertz CT molecular complexity index is 458. The maximum absolute atomic E-state index is 6.42. The van der Waals surface area contributed by atoms with Crippen molar-refractivity contribution in [2.24, 2.45) is 23.7 Å². The molecule has 21 heavy (non-hydrogen) atoms. The Hall–Kier alpha value is -0.820. The van der Waals surface area contributed by atoms with Crippen LogP contribution in [-0.4, -0.2) is 7.11 Å². The maximum Gasteiger partial charge on any atom is 0.0988 e. The molecule has 1 aromatic rings. The van der Waals surface area contributed by atoms with Crippen molar-refractivity contribution < 1.29 is 4.74 Å². The lowest BCUT2D eigenvalue weighted by Gasteiger charge is -2.43. The molecule has 0 aromatic heterocycles. The molecule has 0 N–H and O–H groups in total. The average molecular weight is 284 g/mol. The second kappa shape index (κ2) is 5.43. The third-order valence-corrected chi connectivity index (χ3v) is 6.85. The molecule has 3 aliphatic carbocycles. The van der Waals surface area contributed by atoms with Gasteiger partial charge < -0.3 is 4.74 Å². The summed E-state index contributed by atoms with van der Waals surface area (Å²) in [5, 5.41) is 0. The van der Waals surface area contributed by atoms with Gasteiger partial charge in [0.2, 0.25) is 0 Å². The van der Waals surface area contributed by atoms with E-state index in [1.54, 1.807) is 0 Å². The summed E-state index contributed by atoms with van der Waals surface area (Å²) in [6.45, 7) is 0. The van der Waals surface area contributed by atoms with Crippen LogP contribution in [0.15, 0.2) is 30.3 Å². The normalized spacial score (nSPS) is 42.3. The van der Waals surface area contributed by atoms with Crippen molar-refractivity contribution >= 4 is 0 Å². The molecule has 0 radical (unpaired) electrons. The van der Waals surface area contributed by atoms with E-state index in [2.05, 4.69) is 30.3 Å². The first-order chi connectivity index (χ1) is 10.4. The molecule has 0 amide bonds. The number of rotatable bonds is 2. The Morgan fingerprint density at radius 3 is 1.86 bits per heavy atom. The van der Waals surface area contributed by atoms with E-state index in [0.717, 1.165) is 23.7 Å². The van der Waals surface area contributed by atoms with E-state index in [-0.39, 0.29) is 5.60 Å². The van der Waals surface area contributed by atoms with Crippen LogP contribution in [0.1, 0.15) is 56.9 Å². The summed E-state index contributed by atoms with van der Waals surface area (Å²) in [7, 11) is 1.98. The topological polar surface area (TPSA) is 9.23 Å². The van der Waals surface area contributed by atoms with Crippen molar-refractivity contribution in [1.82, 2.24) is 0 Å². The number of benzene rings is 1. The quantitative estimate of drug-likeness (QED) is 0.729. The zero-order chi connectivity index (χ0) is 14.3. The monoisotopic (exact) mass is 284 g/mol. The highest BCUT2D eigenvalue weighted by Gasteiger charge is 2.61. The number of fused-ring (bicyclic) bond motifs is 3. The molecule has 4 rings (SSSR count). The first-order valence-corrected chi connectivity index (χ1v) is 8.98. The fraction of sp³-hybridized carbons (Fsp3) is 0.700. The molecule has 4 unspecified atom stereocenters.